The van der Waals surface area contributed by atoms with E-state index in [1.165, 1.54) is 18.5 Å². The monoisotopic (exact) mass is 442 g/mol. The number of hydrogen-bond acceptors (Lipinski definition) is 5. The lowest BCUT2D eigenvalue weighted by atomic mass is 9.85. The summed E-state index contributed by atoms with van der Waals surface area (Å²) in [6, 6.07) is 9.88. The molecule has 0 bridgehead atoms. The molecule has 0 spiro atoms. The number of piperidine rings is 1. The quantitative estimate of drug-likeness (QED) is 0.666. The minimum Gasteiger partial charge on any atom is -0.389 e. The first kappa shape index (κ1) is 21.9. The van der Waals surface area contributed by atoms with Crippen molar-refractivity contribution in [3.8, 4) is 11.4 Å². The standard InChI is InChI=1S/C23H21F3N4O2/c24-23(25,26)17-5-3-16(4-6-17)14-22(32)8-12-30(13-9-22)21(31)18-2-1-10-28-20(18)19-7-11-27-15-29-19/h1-7,10-11,15,32H,8-9,12-14H2. The van der Waals surface area contributed by atoms with Crippen molar-refractivity contribution in [1.82, 2.24) is 19.9 Å². The molecular weight excluding hydrogens is 421 g/mol. The van der Waals surface area contributed by atoms with Crippen molar-refractivity contribution in [1.29, 1.82) is 0 Å². The topological polar surface area (TPSA) is 79.2 Å². The molecule has 6 nitrogen and oxygen atoms in total. The maximum absolute atomic E-state index is 13.1. The van der Waals surface area contributed by atoms with Crippen molar-refractivity contribution in [3.05, 3.63) is 77.9 Å². The molecule has 3 heterocycles. The zero-order valence-corrected chi connectivity index (χ0v) is 17.1. The number of halogens is 3. The summed E-state index contributed by atoms with van der Waals surface area (Å²) >= 11 is 0. The summed E-state index contributed by atoms with van der Waals surface area (Å²) in [6.45, 7) is 0.655. The summed E-state index contributed by atoms with van der Waals surface area (Å²) in [5, 5.41) is 11.0. The average molecular weight is 442 g/mol. The number of hydrogen-bond donors (Lipinski definition) is 1. The highest BCUT2D eigenvalue weighted by Gasteiger charge is 2.35. The third-order valence-electron chi connectivity index (χ3n) is 5.66. The number of carbonyl (C=O) groups excluding carboxylic acids is 1. The van der Waals surface area contributed by atoms with Gasteiger partial charge in [0.05, 0.1) is 22.4 Å². The molecule has 0 saturated carbocycles. The number of aromatic nitrogens is 3. The summed E-state index contributed by atoms with van der Waals surface area (Å²) in [4.78, 5) is 27.2. The van der Waals surface area contributed by atoms with E-state index < -0.39 is 17.3 Å². The summed E-state index contributed by atoms with van der Waals surface area (Å²) in [6.07, 6.45) is 1.04. The second-order valence-corrected chi connectivity index (χ2v) is 7.88. The molecule has 0 radical (unpaired) electrons. The van der Waals surface area contributed by atoms with Crippen molar-refractivity contribution in [2.45, 2.75) is 31.0 Å². The Kier molecular flexibility index (Phi) is 5.92. The van der Waals surface area contributed by atoms with Crippen LogP contribution < -0.4 is 0 Å². The number of aliphatic hydroxyl groups is 1. The molecule has 1 aromatic carbocycles. The van der Waals surface area contributed by atoms with Gasteiger partial charge in [-0.2, -0.15) is 13.2 Å². The minimum atomic E-state index is -4.39. The summed E-state index contributed by atoms with van der Waals surface area (Å²) < 4.78 is 38.3. The maximum atomic E-state index is 13.1. The van der Waals surface area contributed by atoms with Crippen molar-refractivity contribution in [3.63, 3.8) is 0 Å². The third kappa shape index (κ3) is 4.77. The van der Waals surface area contributed by atoms with Gasteiger partial charge in [0.2, 0.25) is 0 Å². The molecular formula is C23H21F3N4O2. The lowest BCUT2D eigenvalue weighted by Gasteiger charge is -2.38. The van der Waals surface area contributed by atoms with E-state index in [-0.39, 0.29) is 12.3 Å². The van der Waals surface area contributed by atoms with Gasteiger partial charge in [-0.1, -0.05) is 12.1 Å². The van der Waals surface area contributed by atoms with Crippen LogP contribution in [0.4, 0.5) is 13.2 Å². The molecule has 0 unspecified atom stereocenters. The molecule has 1 N–H and O–H groups in total. The largest absolute Gasteiger partial charge is 0.416 e. The first-order chi connectivity index (χ1) is 15.3. The van der Waals surface area contributed by atoms with E-state index in [4.69, 9.17) is 0 Å². The summed E-state index contributed by atoms with van der Waals surface area (Å²) in [7, 11) is 0. The Labute approximate surface area is 182 Å². The Morgan fingerprint density at radius 2 is 1.75 bits per heavy atom. The Morgan fingerprint density at radius 3 is 2.38 bits per heavy atom. The number of likely N-dealkylation sites (tertiary alicyclic amines) is 1. The van der Waals surface area contributed by atoms with Crippen LogP contribution in [0.1, 0.15) is 34.3 Å². The fourth-order valence-corrected chi connectivity index (χ4v) is 3.88. The molecule has 1 saturated heterocycles. The number of pyridine rings is 1. The predicted octanol–water partition coefficient (Wildman–Crippen LogP) is 3.77. The molecule has 0 aliphatic carbocycles. The first-order valence-corrected chi connectivity index (χ1v) is 10.1. The number of benzene rings is 1. The third-order valence-corrected chi connectivity index (χ3v) is 5.66. The molecule has 9 heteroatoms. The molecule has 32 heavy (non-hydrogen) atoms. The second kappa shape index (κ2) is 8.66. The molecule has 3 aromatic rings. The number of nitrogens with zero attached hydrogens (tertiary/aromatic N) is 4. The molecule has 0 atom stereocenters. The predicted molar refractivity (Wildman–Crippen MR) is 110 cm³/mol. The Morgan fingerprint density at radius 1 is 1.03 bits per heavy atom. The van der Waals surface area contributed by atoms with E-state index in [1.54, 1.807) is 35.5 Å². The van der Waals surface area contributed by atoms with Gasteiger partial charge >= 0.3 is 6.18 Å². The molecule has 1 aliphatic rings. The first-order valence-electron chi connectivity index (χ1n) is 10.1. The normalized spacial score (nSPS) is 16.1. The van der Waals surface area contributed by atoms with Crippen LogP contribution in [0.15, 0.2) is 61.2 Å². The van der Waals surface area contributed by atoms with Crippen LogP contribution in [-0.2, 0) is 12.6 Å². The molecule has 166 valence electrons. The lowest BCUT2D eigenvalue weighted by Crippen LogP contribution is -2.47. The van der Waals surface area contributed by atoms with Crippen LogP contribution in [0.3, 0.4) is 0 Å². The smallest absolute Gasteiger partial charge is 0.389 e. The second-order valence-electron chi connectivity index (χ2n) is 7.88. The Hall–Kier alpha value is -3.33. The van der Waals surface area contributed by atoms with Crippen LogP contribution in [-0.4, -0.2) is 49.6 Å². The van der Waals surface area contributed by atoms with E-state index in [1.807, 2.05) is 0 Å². The number of rotatable bonds is 4. The number of amides is 1. The van der Waals surface area contributed by atoms with Gasteiger partial charge in [0.25, 0.3) is 5.91 Å². The van der Waals surface area contributed by atoms with E-state index >= 15 is 0 Å². The fraction of sp³-hybridized carbons (Fsp3) is 0.304. The van der Waals surface area contributed by atoms with Crippen molar-refractivity contribution in [2.75, 3.05) is 13.1 Å². The number of carbonyl (C=O) groups is 1. The zero-order chi connectivity index (χ0) is 22.8. The Bertz CT molecular complexity index is 1080. The fourth-order valence-electron chi connectivity index (χ4n) is 3.88. The SMILES string of the molecule is O=C(c1cccnc1-c1ccncn1)N1CCC(O)(Cc2ccc(C(F)(F)F)cc2)CC1. The van der Waals surface area contributed by atoms with Gasteiger partial charge in [-0.15, -0.1) is 0 Å². The molecule has 1 fully saturated rings. The molecule has 1 aliphatic heterocycles. The molecule has 4 rings (SSSR count). The zero-order valence-electron chi connectivity index (χ0n) is 17.1. The van der Waals surface area contributed by atoms with Crippen LogP contribution in [0.25, 0.3) is 11.4 Å². The van der Waals surface area contributed by atoms with Gasteiger partial charge in [-0.25, -0.2) is 9.97 Å². The van der Waals surface area contributed by atoms with Crippen LogP contribution in [0.5, 0.6) is 0 Å². The molecule has 1 amide bonds. The van der Waals surface area contributed by atoms with Gasteiger partial charge in [0.15, 0.2) is 0 Å². The highest BCUT2D eigenvalue weighted by atomic mass is 19.4. The lowest BCUT2D eigenvalue weighted by molar-refractivity contribution is -0.137. The molecule has 2 aromatic heterocycles. The summed E-state index contributed by atoms with van der Waals surface area (Å²) in [5.41, 5.74) is 0.244. The van der Waals surface area contributed by atoms with Crippen LogP contribution >= 0.6 is 0 Å². The maximum Gasteiger partial charge on any atom is 0.416 e. The number of alkyl halides is 3. The van der Waals surface area contributed by atoms with Crippen LogP contribution in [0.2, 0.25) is 0 Å². The van der Waals surface area contributed by atoms with Crippen molar-refractivity contribution in [2.24, 2.45) is 0 Å². The van der Waals surface area contributed by atoms with Crippen molar-refractivity contribution < 1.29 is 23.1 Å². The van der Waals surface area contributed by atoms with Gasteiger partial charge in [-0.3, -0.25) is 9.78 Å². The van der Waals surface area contributed by atoms with Gasteiger partial charge in [0.1, 0.15) is 12.0 Å². The summed E-state index contributed by atoms with van der Waals surface area (Å²) in [5.74, 6) is -0.205. The van der Waals surface area contributed by atoms with E-state index in [0.29, 0.717) is 48.4 Å². The van der Waals surface area contributed by atoms with E-state index in [9.17, 15) is 23.1 Å². The average Bonchev–Trinajstić information content (AvgIpc) is 2.79. The minimum absolute atomic E-state index is 0.205. The highest BCUT2D eigenvalue weighted by molar-refractivity contribution is 5.99. The van der Waals surface area contributed by atoms with E-state index in [2.05, 4.69) is 15.0 Å². The van der Waals surface area contributed by atoms with Gasteiger partial charge < -0.3 is 10.0 Å². The Balaban J connectivity index is 1.43. The van der Waals surface area contributed by atoms with Crippen molar-refractivity contribution >= 4 is 5.91 Å². The van der Waals surface area contributed by atoms with Gasteiger partial charge in [-0.05, 0) is 48.7 Å². The van der Waals surface area contributed by atoms with Crippen LogP contribution in [0, 0.1) is 0 Å². The van der Waals surface area contributed by atoms with Gasteiger partial charge in [0, 0.05) is 31.9 Å². The highest BCUT2D eigenvalue weighted by Crippen LogP contribution is 2.32. The van der Waals surface area contributed by atoms with E-state index in [0.717, 1.165) is 12.1 Å².